The zero-order valence-corrected chi connectivity index (χ0v) is 16.4. The van der Waals surface area contributed by atoms with Crippen LogP contribution in [0, 0.1) is 0 Å². The average molecular weight is 408 g/mol. The van der Waals surface area contributed by atoms with Crippen molar-refractivity contribution >= 4 is 12.4 Å². The summed E-state index contributed by atoms with van der Waals surface area (Å²) in [6, 6.07) is 15.5. The highest BCUT2D eigenvalue weighted by atomic mass is 16.5. The van der Waals surface area contributed by atoms with E-state index in [0.29, 0.717) is 26.7 Å². The summed E-state index contributed by atoms with van der Waals surface area (Å²) in [6.45, 7) is 1.71. The zero-order valence-electron chi connectivity index (χ0n) is 16.4. The minimum absolute atomic E-state index is 0.387. The summed E-state index contributed by atoms with van der Waals surface area (Å²) in [6.07, 6.45) is 10.2. The smallest absolute Gasteiger partial charge is 0.252 e. The fourth-order valence-corrected chi connectivity index (χ4v) is 2.88. The van der Waals surface area contributed by atoms with E-state index in [9.17, 15) is 0 Å². The van der Waals surface area contributed by atoms with Crippen LogP contribution in [0.2, 0.25) is 0 Å². The molecule has 0 bridgehead atoms. The van der Waals surface area contributed by atoms with E-state index in [1.807, 2.05) is 76.4 Å². The second kappa shape index (κ2) is 11.4. The van der Waals surface area contributed by atoms with Crippen molar-refractivity contribution in [3.63, 3.8) is 0 Å². The van der Waals surface area contributed by atoms with Crippen molar-refractivity contribution in [2.24, 2.45) is 10.3 Å². The van der Waals surface area contributed by atoms with Crippen LogP contribution in [0.5, 0.6) is 0 Å². The predicted octanol–water partition coefficient (Wildman–Crippen LogP) is 2.23. The molecule has 154 valence electrons. The quantitative estimate of drug-likeness (QED) is 0.233. The van der Waals surface area contributed by atoms with Gasteiger partial charge in [-0.1, -0.05) is 34.6 Å². The molecular formula is C22H24N4O4+2. The van der Waals surface area contributed by atoms with Crippen molar-refractivity contribution in [1.82, 2.24) is 0 Å². The standard InChI is InChI=1S/C22H22N4O4/c27-23-11-21-6-2-8-25(13-21)17-29-15-19-4-1-5-20(10-19)16-30-18-26-9-3-7-22(14-26)12-24-28/h1-14H,15-18H2/p+2/b23-11+,24-12+. The first-order valence-electron chi connectivity index (χ1n) is 9.33. The number of nitrogens with zero attached hydrogens (tertiary/aromatic N) is 4. The highest BCUT2D eigenvalue weighted by Gasteiger charge is 2.05. The van der Waals surface area contributed by atoms with Gasteiger partial charge in [0.1, 0.15) is 0 Å². The first-order chi connectivity index (χ1) is 14.8. The van der Waals surface area contributed by atoms with E-state index in [-0.39, 0.29) is 0 Å². The van der Waals surface area contributed by atoms with Crippen LogP contribution in [-0.4, -0.2) is 22.8 Å². The summed E-state index contributed by atoms with van der Waals surface area (Å²) in [5.74, 6) is 0. The number of ether oxygens (including phenoxy) is 2. The lowest BCUT2D eigenvalue weighted by atomic mass is 10.1. The summed E-state index contributed by atoms with van der Waals surface area (Å²) in [4.78, 5) is 0. The van der Waals surface area contributed by atoms with Crippen molar-refractivity contribution in [2.45, 2.75) is 26.7 Å². The molecule has 1 aromatic carbocycles. The Bertz CT molecular complexity index is 931. The van der Waals surface area contributed by atoms with Crippen LogP contribution in [0.4, 0.5) is 0 Å². The molecule has 2 N–H and O–H groups in total. The van der Waals surface area contributed by atoms with Crippen LogP contribution in [0.1, 0.15) is 22.3 Å². The first-order valence-corrected chi connectivity index (χ1v) is 9.33. The van der Waals surface area contributed by atoms with E-state index in [1.54, 1.807) is 0 Å². The van der Waals surface area contributed by atoms with E-state index >= 15 is 0 Å². The van der Waals surface area contributed by atoms with Gasteiger partial charge in [0.05, 0.1) is 36.8 Å². The predicted molar refractivity (Wildman–Crippen MR) is 108 cm³/mol. The third-order valence-corrected chi connectivity index (χ3v) is 4.19. The molecule has 0 radical (unpaired) electrons. The molecule has 30 heavy (non-hydrogen) atoms. The minimum Gasteiger partial charge on any atom is -0.411 e. The fraction of sp³-hybridized carbons (Fsp3) is 0.182. The molecule has 0 aliphatic rings. The van der Waals surface area contributed by atoms with Crippen molar-refractivity contribution in [3.8, 4) is 0 Å². The van der Waals surface area contributed by atoms with Gasteiger partial charge in [0.15, 0.2) is 24.8 Å². The Morgan fingerprint density at radius 2 is 1.23 bits per heavy atom. The van der Waals surface area contributed by atoms with E-state index < -0.39 is 0 Å². The average Bonchev–Trinajstić information content (AvgIpc) is 2.75. The number of hydrogen-bond acceptors (Lipinski definition) is 6. The van der Waals surface area contributed by atoms with Gasteiger partial charge in [0.25, 0.3) is 13.5 Å². The molecule has 2 aromatic heterocycles. The Labute approximate surface area is 174 Å². The number of rotatable bonds is 10. The molecule has 0 amide bonds. The molecule has 0 saturated carbocycles. The summed E-state index contributed by atoms with van der Waals surface area (Å²) in [7, 11) is 0. The normalized spacial score (nSPS) is 11.5. The van der Waals surface area contributed by atoms with Crippen molar-refractivity contribution < 1.29 is 29.0 Å². The lowest BCUT2D eigenvalue weighted by Crippen LogP contribution is -2.34. The maximum atomic E-state index is 8.62. The summed E-state index contributed by atoms with van der Waals surface area (Å²) < 4.78 is 15.3. The Hall–Kier alpha value is -3.62. The Morgan fingerprint density at radius 3 is 1.70 bits per heavy atom. The number of aromatic nitrogens is 2. The molecule has 2 heterocycles. The molecule has 0 fully saturated rings. The van der Waals surface area contributed by atoms with Crippen molar-refractivity contribution in [2.75, 3.05) is 0 Å². The van der Waals surface area contributed by atoms with Gasteiger partial charge in [0, 0.05) is 12.1 Å². The summed E-state index contributed by atoms with van der Waals surface area (Å²) in [5.41, 5.74) is 3.68. The van der Waals surface area contributed by atoms with Gasteiger partial charge in [0.2, 0.25) is 0 Å². The molecule has 3 aromatic rings. The summed E-state index contributed by atoms with van der Waals surface area (Å²) in [5, 5.41) is 23.3. The first kappa shape index (κ1) is 21.1. The second-order valence-electron chi connectivity index (χ2n) is 6.57. The molecule has 8 nitrogen and oxygen atoms in total. The lowest BCUT2D eigenvalue weighted by molar-refractivity contribution is -0.733. The largest absolute Gasteiger partial charge is 0.411 e. The maximum absolute atomic E-state index is 8.62. The Morgan fingerprint density at radius 1 is 0.733 bits per heavy atom. The van der Waals surface area contributed by atoms with Crippen LogP contribution in [0.15, 0.2) is 83.6 Å². The van der Waals surface area contributed by atoms with Gasteiger partial charge in [-0.15, -0.1) is 0 Å². The van der Waals surface area contributed by atoms with Gasteiger partial charge in [-0.05, 0) is 23.3 Å². The van der Waals surface area contributed by atoms with E-state index in [0.717, 1.165) is 22.3 Å². The van der Waals surface area contributed by atoms with Crippen LogP contribution >= 0.6 is 0 Å². The van der Waals surface area contributed by atoms with Gasteiger partial charge in [-0.25, -0.2) is 0 Å². The molecule has 0 aliphatic carbocycles. The third kappa shape index (κ3) is 6.77. The van der Waals surface area contributed by atoms with E-state index in [2.05, 4.69) is 16.4 Å². The zero-order chi connectivity index (χ0) is 21.0. The highest BCUT2D eigenvalue weighted by Crippen LogP contribution is 2.08. The molecule has 3 rings (SSSR count). The summed E-state index contributed by atoms with van der Waals surface area (Å²) >= 11 is 0. The monoisotopic (exact) mass is 408 g/mol. The van der Waals surface area contributed by atoms with Crippen LogP contribution in [0.25, 0.3) is 0 Å². The number of oxime groups is 2. The van der Waals surface area contributed by atoms with Gasteiger partial charge in [-0.3, -0.25) is 0 Å². The molecule has 0 aliphatic heterocycles. The highest BCUT2D eigenvalue weighted by molar-refractivity contribution is 5.78. The molecule has 0 saturated heterocycles. The molecular weight excluding hydrogens is 384 g/mol. The fourth-order valence-electron chi connectivity index (χ4n) is 2.88. The Balaban J connectivity index is 1.47. The SMILES string of the molecule is O/N=C/c1ccc[n+](COCc2cccc(COC[n+]3cccc(/C=N/O)c3)c2)c1. The molecule has 8 heteroatoms. The maximum Gasteiger partial charge on any atom is 0.252 e. The number of hydrogen-bond donors (Lipinski definition) is 2. The molecule has 0 atom stereocenters. The Kier molecular flexibility index (Phi) is 8.02. The third-order valence-electron chi connectivity index (χ3n) is 4.19. The van der Waals surface area contributed by atoms with Crippen molar-refractivity contribution in [3.05, 3.63) is 95.6 Å². The van der Waals surface area contributed by atoms with Crippen LogP contribution in [0.3, 0.4) is 0 Å². The van der Waals surface area contributed by atoms with Gasteiger partial charge >= 0.3 is 0 Å². The lowest BCUT2D eigenvalue weighted by Gasteiger charge is -2.06. The van der Waals surface area contributed by atoms with E-state index in [1.165, 1.54) is 12.4 Å². The number of pyridine rings is 2. The molecule has 0 unspecified atom stereocenters. The molecule has 0 spiro atoms. The second-order valence-corrected chi connectivity index (χ2v) is 6.57. The van der Waals surface area contributed by atoms with Crippen LogP contribution in [-0.2, 0) is 36.1 Å². The minimum atomic E-state index is 0.387. The van der Waals surface area contributed by atoms with Gasteiger partial charge in [-0.2, -0.15) is 9.13 Å². The number of benzene rings is 1. The van der Waals surface area contributed by atoms with Gasteiger partial charge < -0.3 is 19.9 Å². The van der Waals surface area contributed by atoms with Crippen molar-refractivity contribution in [1.29, 1.82) is 0 Å². The van der Waals surface area contributed by atoms with E-state index in [4.69, 9.17) is 19.9 Å². The topological polar surface area (TPSA) is 91.4 Å². The van der Waals surface area contributed by atoms with Crippen LogP contribution < -0.4 is 9.13 Å².